The largest absolute Gasteiger partial charge is 0.481 e. The summed E-state index contributed by atoms with van der Waals surface area (Å²) in [6.45, 7) is 3.63. The van der Waals surface area contributed by atoms with Gasteiger partial charge in [0.1, 0.15) is 11.4 Å². The molecule has 1 amide bonds. The van der Waals surface area contributed by atoms with Crippen molar-refractivity contribution in [2.24, 2.45) is 0 Å². The second-order valence-electron chi connectivity index (χ2n) is 7.66. The number of halogens is 1. The molecule has 4 rings (SSSR count). The number of amides is 1. The van der Waals surface area contributed by atoms with Crippen LogP contribution in [-0.2, 0) is 16.0 Å². The van der Waals surface area contributed by atoms with E-state index in [0.29, 0.717) is 39.0 Å². The molecular formula is C26H22ClN3O5. The van der Waals surface area contributed by atoms with E-state index in [0.717, 1.165) is 11.1 Å². The Morgan fingerprint density at radius 2 is 1.83 bits per heavy atom. The Morgan fingerprint density at radius 3 is 2.57 bits per heavy atom. The van der Waals surface area contributed by atoms with Gasteiger partial charge in [0.2, 0.25) is 0 Å². The van der Waals surface area contributed by atoms with Gasteiger partial charge in [-0.3, -0.25) is 9.78 Å². The molecular weight excluding hydrogens is 470 g/mol. The van der Waals surface area contributed by atoms with Crippen molar-refractivity contribution in [1.29, 1.82) is 0 Å². The predicted molar refractivity (Wildman–Crippen MR) is 132 cm³/mol. The lowest BCUT2D eigenvalue weighted by atomic mass is 10.0. The van der Waals surface area contributed by atoms with Crippen LogP contribution in [0.25, 0.3) is 22.5 Å². The van der Waals surface area contributed by atoms with Crippen molar-refractivity contribution in [2.75, 3.05) is 11.5 Å². The van der Waals surface area contributed by atoms with Crippen LogP contribution in [0.2, 0.25) is 5.02 Å². The molecule has 1 N–H and O–H groups in total. The number of benzene rings is 2. The number of ether oxygens (including phenoxy) is 1. The summed E-state index contributed by atoms with van der Waals surface area (Å²) in [6.07, 6.45) is 2.44. The van der Waals surface area contributed by atoms with Crippen molar-refractivity contribution in [3.8, 4) is 22.5 Å². The maximum atomic E-state index is 13.1. The van der Waals surface area contributed by atoms with Crippen LogP contribution >= 0.6 is 11.6 Å². The quantitative estimate of drug-likeness (QED) is 0.324. The number of nitrogens with zero attached hydrogens (tertiary/aromatic N) is 3. The van der Waals surface area contributed by atoms with Crippen LogP contribution in [0.1, 0.15) is 18.2 Å². The summed E-state index contributed by atoms with van der Waals surface area (Å²) in [5, 5.41) is 13.6. The highest BCUT2D eigenvalue weighted by Gasteiger charge is 2.30. The van der Waals surface area contributed by atoms with E-state index >= 15 is 0 Å². The number of pyridine rings is 1. The van der Waals surface area contributed by atoms with Crippen molar-refractivity contribution in [1.82, 2.24) is 10.1 Å². The number of hydrogen-bond donors (Lipinski definition) is 1. The first kappa shape index (κ1) is 24.0. The molecule has 2 aromatic heterocycles. The molecule has 0 saturated heterocycles. The predicted octanol–water partition coefficient (Wildman–Crippen LogP) is 6.29. The van der Waals surface area contributed by atoms with Gasteiger partial charge in [-0.1, -0.05) is 47.1 Å². The zero-order valence-electron chi connectivity index (χ0n) is 19.1. The fourth-order valence-corrected chi connectivity index (χ4v) is 3.93. The third kappa shape index (κ3) is 5.17. The minimum atomic E-state index is -0.932. The van der Waals surface area contributed by atoms with Crippen LogP contribution < -0.4 is 4.90 Å². The average molecular weight is 492 g/mol. The molecule has 0 unspecified atom stereocenters. The zero-order chi connectivity index (χ0) is 24.9. The normalized spacial score (nSPS) is 10.7. The molecule has 2 aromatic carbocycles. The van der Waals surface area contributed by atoms with Gasteiger partial charge in [-0.2, -0.15) is 0 Å². The van der Waals surface area contributed by atoms with Crippen LogP contribution in [0.5, 0.6) is 0 Å². The van der Waals surface area contributed by atoms with E-state index in [1.165, 1.54) is 11.1 Å². The lowest BCUT2D eigenvalue weighted by Gasteiger charge is -2.23. The Kier molecular flexibility index (Phi) is 7.12. The highest BCUT2D eigenvalue weighted by Crippen LogP contribution is 2.41. The van der Waals surface area contributed by atoms with Gasteiger partial charge in [0.25, 0.3) is 0 Å². The Morgan fingerprint density at radius 1 is 1.06 bits per heavy atom. The number of aliphatic carboxylic acids is 1. The van der Waals surface area contributed by atoms with E-state index in [4.69, 9.17) is 26.0 Å². The molecule has 0 fully saturated rings. The number of rotatable bonds is 7. The number of carboxylic acid groups (broad SMARTS) is 1. The first-order valence-corrected chi connectivity index (χ1v) is 11.2. The van der Waals surface area contributed by atoms with Crippen LogP contribution in [0.15, 0.2) is 71.5 Å². The topological polar surface area (TPSA) is 106 Å². The third-order valence-electron chi connectivity index (χ3n) is 5.21. The van der Waals surface area contributed by atoms with Gasteiger partial charge in [-0.15, -0.1) is 0 Å². The molecule has 0 bridgehead atoms. The standard InChI is InChI=1S/C26H22ClN3O5/c1-3-34-26(33)30(22-10-5-4-9-21(22)27)24-16(2)29-35-25(24)19-8-6-7-18(13-19)20-11-17(12-23(31)32)14-28-15-20/h4-11,13-15H,3,12H2,1-2H3,(H,31,32). The monoisotopic (exact) mass is 491 g/mol. The van der Waals surface area contributed by atoms with Gasteiger partial charge in [0, 0.05) is 23.5 Å². The minimum absolute atomic E-state index is 0.127. The molecule has 0 spiro atoms. The van der Waals surface area contributed by atoms with E-state index in [1.807, 2.05) is 24.3 Å². The Bertz CT molecular complexity index is 1380. The number of carbonyl (C=O) groups is 2. The molecule has 0 atom stereocenters. The fourth-order valence-electron chi connectivity index (χ4n) is 3.71. The van der Waals surface area contributed by atoms with Crippen LogP contribution in [0.3, 0.4) is 0 Å². The summed E-state index contributed by atoms with van der Waals surface area (Å²) in [5.41, 5.74) is 4.10. The Hall–Kier alpha value is -4.17. The van der Waals surface area contributed by atoms with Crippen molar-refractivity contribution in [3.05, 3.63) is 83.3 Å². The molecule has 35 heavy (non-hydrogen) atoms. The molecule has 0 aliphatic heterocycles. The summed E-state index contributed by atoms with van der Waals surface area (Å²) in [7, 11) is 0. The van der Waals surface area contributed by atoms with Crippen LogP contribution in [-0.4, -0.2) is 33.9 Å². The van der Waals surface area contributed by atoms with Gasteiger partial charge in [-0.25, -0.2) is 9.69 Å². The number of aryl methyl sites for hydroxylation is 1. The van der Waals surface area contributed by atoms with Gasteiger partial charge in [-0.05, 0) is 49.2 Å². The SMILES string of the molecule is CCOC(=O)N(c1ccccc1Cl)c1c(C)noc1-c1cccc(-c2cncc(CC(=O)O)c2)c1. The number of aromatic nitrogens is 2. The summed E-state index contributed by atoms with van der Waals surface area (Å²) >= 11 is 6.44. The molecule has 178 valence electrons. The molecule has 2 heterocycles. The number of hydrogen-bond acceptors (Lipinski definition) is 6. The summed E-state index contributed by atoms with van der Waals surface area (Å²) < 4.78 is 11.0. The van der Waals surface area contributed by atoms with E-state index in [2.05, 4.69) is 10.1 Å². The molecule has 9 heteroatoms. The van der Waals surface area contributed by atoms with Gasteiger partial charge in [0.05, 0.1) is 23.7 Å². The van der Waals surface area contributed by atoms with Gasteiger partial charge < -0.3 is 14.4 Å². The molecule has 0 aliphatic rings. The van der Waals surface area contributed by atoms with E-state index < -0.39 is 12.1 Å². The lowest BCUT2D eigenvalue weighted by molar-refractivity contribution is -0.136. The highest BCUT2D eigenvalue weighted by molar-refractivity contribution is 6.34. The average Bonchev–Trinajstić information content (AvgIpc) is 3.21. The maximum Gasteiger partial charge on any atom is 0.419 e. The molecule has 4 aromatic rings. The maximum absolute atomic E-state index is 13.1. The van der Waals surface area contributed by atoms with Crippen LogP contribution in [0, 0.1) is 6.92 Å². The van der Waals surface area contributed by atoms with E-state index in [9.17, 15) is 9.59 Å². The number of carboxylic acids is 1. The second-order valence-corrected chi connectivity index (χ2v) is 8.07. The van der Waals surface area contributed by atoms with Crippen molar-refractivity contribution < 1.29 is 24.0 Å². The summed E-state index contributed by atoms with van der Waals surface area (Å²) in [5.74, 6) is -0.579. The van der Waals surface area contributed by atoms with Gasteiger partial charge in [0.15, 0.2) is 5.76 Å². The lowest BCUT2D eigenvalue weighted by Crippen LogP contribution is -2.27. The smallest absolute Gasteiger partial charge is 0.419 e. The van der Waals surface area contributed by atoms with Crippen LogP contribution in [0.4, 0.5) is 16.2 Å². The van der Waals surface area contributed by atoms with Crippen molar-refractivity contribution >= 4 is 35.0 Å². The van der Waals surface area contributed by atoms with Gasteiger partial charge >= 0.3 is 12.1 Å². The Balaban J connectivity index is 1.82. The molecule has 0 radical (unpaired) electrons. The minimum Gasteiger partial charge on any atom is -0.481 e. The third-order valence-corrected chi connectivity index (χ3v) is 5.53. The van der Waals surface area contributed by atoms with Crippen molar-refractivity contribution in [2.45, 2.75) is 20.3 Å². The second kappa shape index (κ2) is 10.4. The molecule has 0 aliphatic carbocycles. The summed E-state index contributed by atoms with van der Waals surface area (Å²) in [6, 6.07) is 16.1. The number of para-hydroxylation sites is 1. The zero-order valence-corrected chi connectivity index (χ0v) is 19.8. The first-order valence-electron chi connectivity index (χ1n) is 10.8. The summed E-state index contributed by atoms with van der Waals surface area (Å²) in [4.78, 5) is 29.7. The van der Waals surface area contributed by atoms with Crippen molar-refractivity contribution in [3.63, 3.8) is 0 Å². The highest BCUT2D eigenvalue weighted by atomic mass is 35.5. The Labute approximate surface area is 206 Å². The fraction of sp³-hybridized carbons (Fsp3) is 0.154. The first-order chi connectivity index (χ1) is 16.9. The van der Waals surface area contributed by atoms with E-state index in [-0.39, 0.29) is 13.0 Å². The number of anilines is 2. The van der Waals surface area contributed by atoms with E-state index in [1.54, 1.807) is 50.4 Å². The molecule has 0 saturated carbocycles. The number of carbonyl (C=O) groups excluding carboxylic acids is 1. The molecule has 8 nitrogen and oxygen atoms in total.